The van der Waals surface area contributed by atoms with Crippen molar-refractivity contribution in [1.29, 1.82) is 5.26 Å². The Labute approximate surface area is 99.6 Å². The van der Waals surface area contributed by atoms with E-state index in [2.05, 4.69) is 26.5 Å². The van der Waals surface area contributed by atoms with Gasteiger partial charge in [-0.1, -0.05) is 0 Å². The fraction of sp³-hybridized carbons (Fsp3) is 0.545. The molecule has 0 atom stereocenters. The van der Waals surface area contributed by atoms with Gasteiger partial charge in [-0.25, -0.2) is 0 Å². The number of hydrogen-bond acceptors (Lipinski definition) is 4. The highest BCUT2D eigenvalue weighted by molar-refractivity contribution is 5.93. The van der Waals surface area contributed by atoms with Gasteiger partial charge in [0.1, 0.15) is 0 Å². The number of rotatable bonds is 3. The van der Waals surface area contributed by atoms with Gasteiger partial charge in [-0.05, 0) is 12.8 Å². The molecule has 1 aromatic heterocycles. The van der Waals surface area contributed by atoms with Gasteiger partial charge in [0, 0.05) is 25.3 Å². The monoisotopic (exact) mass is 233 g/mol. The molecule has 1 aliphatic heterocycles. The second-order valence-electron chi connectivity index (χ2n) is 4.17. The van der Waals surface area contributed by atoms with Crippen LogP contribution in [-0.2, 0) is 0 Å². The van der Waals surface area contributed by atoms with E-state index < -0.39 is 0 Å². The number of nitrogens with zero attached hydrogens (tertiary/aromatic N) is 3. The minimum Gasteiger partial charge on any atom is -0.349 e. The van der Waals surface area contributed by atoms with Gasteiger partial charge >= 0.3 is 0 Å². The third-order valence-corrected chi connectivity index (χ3v) is 2.98. The van der Waals surface area contributed by atoms with Gasteiger partial charge in [-0.3, -0.25) is 14.8 Å². The summed E-state index contributed by atoms with van der Waals surface area (Å²) in [7, 11) is 0. The Morgan fingerprint density at radius 3 is 3.00 bits per heavy atom. The second-order valence-corrected chi connectivity index (χ2v) is 4.17. The van der Waals surface area contributed by atoms with Crippen molar-refractivity contribution in [3.8, 4) is 6.07 Å². The number of likely N-dealkylation sites (tertiary alicyclic amines) is 1. The van der Waals surface area contributed by atoms with Gasteiger partial charge in [-0.15, -0.1) is 0 Å². The summed E-state index contributed by atoms with van der Waals surface area (Å²) in [6.45, 7) is 2.20. The summed E-state index contributed by atoms with van der Waals surface area (Å²) >= 11 is 0. The van der Waals surface area contributed by atoms with E-state index in [1.54, 1.807) is 6.20 Å². The zero-order valence-electron chi connectivity index (χ0n) is 9.52. The Hall–Kier alpha value is -1.87. The molecule has 0 unspecified atom stereocenters. The molecule has 0 saturated carbocycles. The fourth-order valence-electron chi connectivity index (χ4n) is 1.98. The molecule has 0 bridgehead atoms. The van der Waals surface area contributed by atoms with Gasteiger partial charge in [0.15, 0.2) is 0 Å². The number of nitriles is 1. The lowest BCUT2D eigenvalue weighted by molar-refractivity contribution is 0.0914. The summed E-state index contributed by atoms with van der Waals surface area (Å²) in [6.07, 6.45) is 4.89. The second kappa shape index (κ2) is 5.46. The van der Waals surface area contributed by atoms with Crippen molar-refractivity contribution in [3.63, 3.8) is 0 Å². The van der Waals surface area contributed by atoms with Crippen LogP contribution in [0.15, 0.2) is 12.4 Å². The van der Waals surface area contributed by atoms with Crippen molar-refractivity contribution in [1.82, 2.24) is 20.4 Å². The summed E-state index contributed by atoms with van der Waals surface area (Å²) in [6, 6.07) is 2.34. The highest BCUT2D eigenvalue weighted by Crippen LogP contribution is 2.10. The van der Waals surface area contributed by atoms with E-state index in [1.807, 2.05) is 0 Å². The summed E-state index contributed by atoms with van der Waals surface area (Å²) in [5.74, 6) is -0.0857. The van der Waals surface area contributed by atoms with Crippen molar-refractivity contribution in [2.45, 2.75) is 18.9 Å². The topological polar surface area (TPSA) is 84.8 Å². The highest BCUT2D eigenvalue weighted by Gasteiger charge is 2.20. The third kappa shape index (κ3) is 3.04. The van der Waals surface area contributed by atoms with Crippen LogP contribution in [0.25, 0.3) is 0 Å². The number of carbonyl (C=O) groups is 1. The Morgan fingerprint density at radius 1 is 1.65 bits per heavy atom. The Kier molecular flexibility index (Phi) is 3.73. The summed E-state index contributed by atoms with van der Waals surface area (Å²) < 4.78 is 0. The van der Waals surface area contributed by atoms with Crippen LogP contribution in [0.3, 0.4) is 0 Å². The number of piperidine rings is 1. The van der Waals surface area contributed by atoms with E-state index in [0.29, 0.717) is 12.1 Å². The summed E-state index contributed by atoms with van der Waals surface area (Å²) in [4.78, 5) is 13.8. The summed E-state index contributed by atoms with van der Waals surface area (Å²) in [5.41, 5.74) is 0.560. The average molecular weight is 233 g/mol. The van der Waals surface area contributed by atoms with Crippen LogP contribution < -0.4 is 5.32 Å². The molecule has 17 heavy (non-hydrogen) atoms. The molecule has 1 aliphatic rings. The molecule has 1 fully saturated rings. The maximum absolute atomic E-state index is 11.7. The molecule has 2 rings (SSSR count). The first kappa shape index (κ1) is 11.6. The molecule has 2 N–H and O–H groups in total. The van der Waals surface area contributed by atoms with Crippen LogP contribution >= 0.6 is 0 Å². The number of carbonyl (C=O) groups excluding carboxylic acids is 1. The van der Waals surface area contributed by atoms with Crippen LogP contribution in [0, 0.1) is 11.3 Å². The van der Waals surface area contributed by atoms with Gasteiger partial charge < -0.3 is 5.32 Å². The van der Waals surface area contributed by atoms with Gasteiger partial charge in [0.2, 0.25) is 0 Å². The predicted octanol–water partition coefficient (Wildman–Crippen LogP) is 0.127. The van der Waals surface area contributed by atoms with E-state index in [4.69, 9.17) is 5.26 Å². The number of aromatic amines is 1. The lowest BCUT2D eigenvalue weighted by Crippen LogP contribution is -2.44. The van der Waals surface area contributed by atoms with E-state index in [9.17, 15) is 4.79 Å². The number of H-pyrrole nitrogens is 1. The van der Waals surface area contributed by atoms with Crippen molar-refractivity contribution in [3.05, 3.63) is 18.0 Å². The maximum Gasteiger partial charge on any atom is 0.254 e. The van der Waals surface area contributed by atoms with Gasteiger partial charge in [-0.2, -0.15) is 10.4 Å². The fourth-order valence-corrected chi connectivity index (χ4v) is 1.98. The first-order valence-electron chi connectivity index (χ1n) is 5.68. The minimum absolute atomic E-state index is 0.0857. The Balaban J connectivity index is 1.79. The normalized spacial score (nSPS) is 17.6. The van der Waals surface area contributed by atoms with E-state index >= 15 is 0 Å². The molecular weight excluding hydrogens is 218 g/mol. The van der Waals surface area contributed by atoms with Crippen molar-refractivity contribution in [2.24, 2.45) is 0 Å². The zero-order valence-corrected chi connectivity index (χ0v) is 9.52. The number of nitrogens with one attached hydrogen (secondary N) is 2. The minimum atomic E-state index is -0.0857. The van der Waals surface area contributed by atoms with Crippen LogP contribution in [0.1, 0.15) is 23.2 Å². The van der Waals surface area contributed by atoms with Crippen LogP contribution in [-0.4, -0.2) is 46.7 Å². The van der Waals surface area contributed by atoms with Gasteiger partial charge in [0.25, 0.3) is 5.91 Å². The van der Waals surface area contributed by atoms with E-state index in [0.717, 1.165) is 25.9 Å². The molecule has 0 spiro atoms. The standard InChI is InChI=1S/C11H15N5O/c12-3-6-16-4-1-10(2-5-16)15-11(17)9-7-13-14-8-9/h7-8,10H,1-2,4-6H2,(H,13,14)(H,15,17). The molecular formula is C11H15N5O. The maximum atomic E-state index is 11.7. The Morgan fingerprint density at radius 2 is 2.41 bits per heavy atom. The van der Waals surface area contributed by atoms with Crippen LogP contribution in [0.5, 0.6) is 0 Å². The first-order valence-corrected chi connectivity index (χ1v) is 5.68. The predicted molar refractivity (Wildman–Crippen MR) is 61.1 cm³/mol. The highest BCUT2D eigenvalue weighted by atomic mass is 16.1. The number of hydrogen-bond donors (Lipinski definition) is 2. The number of aromatic nitrogens is 2. The Bertz CT molecular complexity index is 400. The average Bonchev–Trinajstić information content (AvgIpc) is 2.86. The molecule has 1 aromatic rings. The smallest absolute Gasteiger partial charge is 0.254 e. The first-order chi connectivity index (χ1) is 8.29. The van der Waals surface area contributed by atoms with Crippen molar-refractivity contribution >= 4 is 5.91 Å². The zero-order chi connectivity index (χ0) is 12.1. The quantitative estimate of drug-likeness (QED) is 0.727. The van der Waals surface area contributed by atoms with Crippen LogP contribution in [0.2, 0.25) is 0 Å². The number of amides is 1. The molecule has 6 heteroatoms. The summed E-state index contributed by atoms with van der Waals surface area (Å²) in [5, 5.41) is 17.9. The molecule has 0 radical (unpaired) electrons. The van der Waals surface area contributed by atoms with E-state index in [1.165, 1.54) is 6.20 Å². The molecule has 0 aromatic carbocycles. The lowest BCUT2D eigenvalue weighted by Gasteiger charge is -2.30. The van der Waals surface area contributed by atoms with Crippen molar-refractivity contribution in [2.75, 3.05) is 19.6 Å². The lowest BCUT2D eigenvalue weighted by atomic mass is 10.0. The third-order valence-electron chi connectivity index (χ3n) is 2.98. The molecule has 90 valence electrons. The molecule has 0 aliphatic carbocycles. The SMILES string of the molecule is N#CCN1CCC(NC(=O)c2cn[nH]c2)CC1. The van der Waals surface area contributed by atoms with E-state index in [-0.39, 0.29) is 11.9 Å². The van der Waals surface area contributed by atoms with Crippen molar-refractivity contribution < 1.29 is 4.79 Å². The largest absolute Gasteiger partial charge is 0.349 e. The van der Waals surface area contributed by atoms with Crippen LogP contribution in [0.4, 0.5) is 0 Å². The molecule has 6 nitrogen and oxygen atoms in total. The molecule has 2 heterocycles. The molecule has 1 amide bonds. The molecule has 1 saturated heterocycles. The van der Waals surface area contributed by atoms with Gasteiger partial charge in [0.05, 0.1) is 24.4 Å².